The van der Waals surface area contributed by atoms with E-state index in [-0.39, 0.29) is 12.0 Å². The smallest absolute Gasteiger partial charge is 0.106 e. The molecule has 3 rings (SSSR count). The van der Waals surface area contributed by atoms with Crippen LogP contribution in [0.5, 0.6) is 0 Å². The summed E-state index contributed by atoms with van der Waals surface area (Å²) in [5.74, 6) is 0.888. The van der Waals surface area contributed by atoms with Gasteiger partial charge in [0.15, 0.2) is 0 Å². The second-order valence-electron chi connectivity index (χ2n) is 5.04. The van der Waals surface area contributed by atoms with Gasteiger partial charge in [-0.2, -0.15) is 0 Å². The molecule has 1 saturated heterocycles. The fourth-order valence-corrected chi connectivity index (χ4v) is 2.71. The van der Waals surface area contributed by atoms with Gasteiger partial charge >= 0.3 is 0 Å². The van der Waals surface area contributed by atoms with Crippen molar-refractivity contribution in [3.05, 3.63) is 47.3 Å². The number of nitrogens with one attached hydrogen (secondary N) is 1. The normalized spacial score (nSPS) is 33.0. The first-order valence-electron chi connectivity index (χ1n) is 6.66. The van der Waals surface area contributed by atoms with Gasteiger partial charge in [-0.25, -0.2) is 0 Å². The number of hydrogen-bond donors (Lipinski definition) is 2. The van der Waals surface area contributed by atoms with E-state index in [9.17, 15) is 5.11 Å². The predicted molar refractivity (Wildman–Crippen MR) is 70.9 cm³/mol. The minimum absolute atomic E-state index is 0.0111. The number of ether oxygens (including phenoxy) is 1. The van der Waals surface area contributed by atoms with E-state index in [4.69, 9.17) is 4.74 Å². The summed E-state index contributed by atoms with van der Waals surface area (Å²) >= 11 is 0. The quantitative estimate of drug-likeness (QED) is 0.795. The average molecular weight is 245 g/mol. The first-order chi connectivity index (χ1) is 8.79. The van der Waals surface area contributed by atoms with Crippen molar-refractivity contribution < 1.29 is 9.84 Å². The van der Waals surface area contributed by atoms with Gasteiger partial charge in [0.05, 0.1) is 18.1 Å². The van der Waals surface area contributed by atoms with Crippen molar-refractivity contribution in [1.82, 2.24) is 5.32 Å². The summed E-state index contributed by atoms with van der Waals surface area (Å²) in [4.78, 5) is 0. The lowest BCUT2D eigenvalue weighted by molar-refractivity contribution is -0.00390. The van der Waals surface area contributed by atoms with Crippen molar-refractivity contribution >= 4 is 0 Å². The fourth-order valence-electron chi connectivity index (χ4n) is 2.71. The molecule has 0 spiro atoms. The molecule has 3 aliphatic rings. The lowest BCUT2D eigenvalue weighted by Gasteiger charge is -2.37. The number of hydrogen-bond acceptors (Lipinski definition) is 3. The third kappa shape index (κ3) is 1.93. The summed E-state index contributed by atoms with van der Waals surface area (Å²) in [7, 11) is 0. The Morgan fingerprint density at radius 3 is 3.17 bits per heavy atom. The maximum absolute atomic E-state index is 10.4. The van der Waals surface area contributed by atoms with Crippen molar-refractivity contribution in [3.63, 3.8) is 0 Å². The Morgan fingerprint density at radius 1 is 1.44 bits per heavy atom. The van der Waals surface area contributed by atoms with Crippen molar-refractivity contribution in [1.29, 1.82) is 0 Å². The zero-order valence-corrected chi connectivity index (χ0v) is 10.6. The first kappa shape index (κ1) is 11.8. The highest BCUT2D eigenvalue weighted by molar-refractivity contribution is 5.57. The van der Waals surface area contributed by atoms with E-state index in [2.05, 4.69) is 36.5 Å². The minimum atomic E-state index is -0.403. The van der Waals surface area contributed by atoms with Gasteiger partial charge < -0.3 is 15.2 Å². The van der Waals surface area contributed by atoms with Crippen LogP contribution >= 0.6 is 0 Å². The number of fused-ring (bicyclic) bond motifs is 2. The van der Waals surface area contributed by atoms with Crippen LogP contribution in [0.25, 0.3) is 0 Å². The highest BCUT2D eigenvalue weighted by atomic mass is 16.5. The Bertz CT molecular complexity index is 459. The van der Waals surface area contributed by atoms with Crippen molar-refractivity contribution in [2.24, 2.45) is 5.92 Å². The molecule has 3 atom stereocenters. The van der Waals surface area contributed by atoms with E-state index in [0.29, 0.717) is 6.61 Å². The van der Waals surface area contributed by atoms with Gasteiger partial charge in [0.25, 0.3) is 0 Å². The lowest BCUT2D eigenvalue weighted by atomic mass is 9.84. The van der Waals surface area contributed by atoms with Crippen molar-refractivity contribution in [3.8, 4) is 0 Å². The molecule has 1 unspecified atom stereocenters. The molecule has 0 saturated carbocycles. The molecule has 0 amide bonds. The van der Waals surface area contributed by atoms with E-state index in [1.807, 2.05) is 6.08 Å². The van der Waals surface area contributed by atoms with Crippen LogP contribution < -0.4 is 5.32 Å². The van der Waals surface area contributed by atoms with Crippen LogP contribution in [0.15, 0.2) is 47.3 Å². The van der Waals surface area contributed by atoms with Crippen LogP contribution in [-0.4, -0.2) is 30.4 Å². The first-order valence-corrected chi connectivity index (χ1v) is 6.66. The van der Waals surface area contributed by atoms with Crippen molar-refractivity contribution in [2.75, 3.05) is 13.2 Å². The average Bonchev–Trinajstić information content (AvgIpc) is 2.83. The van der Waals surface area contributed by atoms with E-state index in [1.165, 1.54) is 11.1 Å². The van der Waals surface area contributed by atoms with Gasteiger partial charge in [0.1, 0.15) is 12.4 Å². The van der Waals surface area contributed by atoms with Crippen LogP contribution in [0.4, 0.5) is 0 Å². The topological polar surface area (TPSA) is 41.5 Å². The van der Waals surface area contributed by atoms with Gasteiger partial charge in [0, 0.05) is 0 Å². The largest absolute Gasteiger partial charge is 0.495 e. The summed E-state index contributed by atoms with van der Waals surface area (Å²) in [5, 5.41) is 13.8. The number of aliphatic hydroxyl groups excluding tert-OH is 1. The van der Waals surface area contributed by atoms with Crippen LogP contribution in [0.1, 0.15) is 13.3 Å². The molecular formula is C15H19NO2. The van der Waals surface area contributed by atoms with Crippen molar-refractivity contribution in [2.45, 2.75) is 25.5 Å². The SMILES string of the molecule is CCCN[C@H]1COC2=CC3=CC=CC3=CC2[C@@H]1O. The minimum Gasteiger partial charge on any atom is -0.495 e. The number of rotatable bonds is 3. The second kappa shape index (κ2) is 4.75. The zero-order valence-electron chi connectivity index (χ0n) is 10.6. The molecule has 1 heterocycles. The van der Waals surface area contributed by atoms with Crippen LogP contribution in [0, 0.1) is 5.92 Å². The highest BCUT2D eigenvalue weighted by Crippen LogP contribution is 2.36. The molecule has 2 N–H and O–H groups in total. The predicted octanol–water partition coefficient (Wildman–Crippen LogP) is 1.68. The van der Waals surface area contributed by atoms with Gasteiger partial charge in [-0.05, 0) is 30.2 Å². The Hall–Kier alpha value is -1.32. The van der Waals surface area contributed by atoms with Gasteiger partial charge in [-0.3, -0.25) is 0 Å². The van der Waals surface area contributed by atoms with E-state index >= 15 is 0 Å². The molecule has 0 aromatic rings. The van der Waals surface area contributed by atoms with E-state index in [0.717, 1.165) is 18.7 Å². The molecule has 18 heavy (non-hydrogen) atoms. The Kier molecular flexibility index (Phi) is 3.10. The maximum atomic E-state index is 10.4. The molecule has 96 valence electrons. The molecule has 1 aliphatic heterocycles. The maximum Gasteiger partial charge on any atom is 0.106 e. The number of allylic oxidation sites excluding steroid dienone is 6. The molecule has 0 bridgehead atoms. The summed E-state index contributed by atoms with van der Waals surface area (Å²) < 4.78 is 5.80. The van der Waals surface area contributed by atoms with Gasteiger partial charge in [-0.15, -0.1) is 0 Å². The highest BCUT2D eigenvalue weighted by Gasteiger charge is 2.37. The summed E-state index contributed by atoms with van der Waals surface area (Å²) in [5.41, 5.74) is 2.39. The summed E-state index contributed by atoms with van der Waals surface area (Å²) in [6.45, 7) is 3.59. The Labute approximate surface area is 108 Å². The monoisotopic (exact) mass is 245 g/mol. The third-order valence-corrected chi connectivity index (χ3v) is 3.74. The van der Waals surface area contributed by atoms with Gasteiger partial charge in [-0.1, -0.05) is 31.2 Å². The molecule has 2 aliphatic carbocycles. The van der Waals surface area contributed by atoms with Crippen LogP contribution in [0.3, 0.4) is 0 Å². The standard InChI is InChI=1S/C15H19NO2/c1-2-6-16-13-9-18-14-8-11-5-3-4-10(11)7-12(14)15(13)17/h3-5,7-8,12-13,15-17H,2,6,9H2,1H3/t12?,13-,15-/m0/s1. The van der Waals surface area contributed by atoms with E-state index < -0.39 is 6.10 Å². The van der Waals surface area contributed by atoms with Gasteiger partial charge in [0.2, 0.25) is 0 Å². The molecule has 0 radical (unpaired) electrons. The molecule has 3 heteroatoms. The molecule has 0 aromatic heterocycles. The van der Waals surface area contributed by atoms with E-state index in [1.54, 1.807) is 0 Å². The molecule has 1 fully saturated rings. The molecular weight excluding hydrogens is 226 g/mol. The summed E-state index contributed by atoms with van der Waals surface area (Å²) in [6.07, 6.45) is 11.0. The molecule has 3 nitrogen and oxygen atoms in total. The molecule has 0 aromatic carbocycles. The van der Waals surface area contributed by atoms with Crippen LogP contribution in [0.2, 0.25) is 0 Å². The second-order valence-corrected chi connectivity index (χ2v) is 5.04. The number of aliphatic hydroxyl groups is 1. The summed E-state index contributed by atoms with van der Waals surface area (Å²) in [6, 6.07) is 0.0277. The lowest BCUT2D eigenvalue weighted by Crippen LogP contribution is -2.51. The zero-order chi connectivity index (χ0) is 12.5. The Morgan fingerprint density at radius 2 is 2.33 bits per heavy atom. The Balaban J connectivity index is 1.79. The fraction of sp³-hybridized carbons (Fsp3) is 0.467. The third-order valence-electron chi connectivity index (χ3n) is 3.74. The van der Waals surface area contributed by atoms with Crippen LogP contribution in [-0.2, 0) is 4.74 Å².